The highest BCUT2D eigenvalue weighted by atomic mass is 16.6. The van der Waals surface area contributed by atoms with E-state index < -0.39 is 6.10 Å². The van der Waals surface area contributed by atoms with Gasteiger partial charge in [-0.15, -0.1) is 0 Å². The molecule has 5 nitrogen and oxygen atoms in total. The Morgan fingerprint density at radius 2 is 0.864 bits per heavy atom. The maximum Gasteiger partial charge on any atom is 0.306 e. The van der Waals surface area contributed by atoms with Gasteiger partial charge < -0.3 is 14.6 Å². The summed E-state index contributed by atoms with van der Waals surface area (Å²) in [5.41, 5.74) is 0. The van der Waals surface area contributed by atoms with Crippen LogP contribution in [-0.2, 0) is 19.1 Å². The summed E-state index contributed by atoms with van der Waals surface area (Å²) in [4.78, 5) is 24.2. The first kappa shape index (κ1) is 42.6. The first-order chi connectivity index (χ1) is 21.6. The van der Waals surface area contributed by atoms with E-state index in [9.17, 15) is 14.7 Å². The average molecular weight is 623 g/mol. The van der Waals surface area contributed by atoms with Crippen LogP contribution in [-0.4, -0.2) is 36.4 Å². The summed E-state index contributed by atoms with van der Waals surface area (Å²) in [6.07, 6.45) is 39.9. The van der Waals surface area contributed by atoms with Crippen LogP contribution in [0.3, 0.4) is 0 Å². The zero-order valence-corrected chi connectivity index (χ0v) is 29.4. The molecule has 0 aliphatic carbocycles. The molecule has 1 atom stereocenters. The van der Waals surface area contributed by atoms with Crippen LogP contribution in [0.25, 0.3) is 0 Å². The lowest BCUT2D eigenvalue weighted by Gasteiger charge is -2.15. The van der Waals surface area contributed by atoms with Crippen molar-refractivity contribution in [2.75, 3.05) is 13.2 Å². The van der Waals surface area contributed by atoms with Gasteiger partial charge >= 0.3 is 11.9 Å². The summed E-state index contributed by atoms with van der Waals surface area (Å²) < 4.78 is 10.6. The number of rotatable bonds is 35. The highest BCUT2D eigenvalue weighted by Gasteiger charge is 2.16. The van der Waals surface area contributed by atoms with Gasteiger partial charge in [-0.25, -0.2) is 0 Å². The van der Waals surface area contributed by atoms with Crippen LogP contribution < -0.4 is 0 Å². The molecule has 0 aliphatic heterocycles. The molecule has 0 saturated heterocycles. The zero-order chi connectivity index (χ0) is 32.2. The van der Waals surface area contributed by atoms with Gasteiger partial charge in [0, 0.05) is 12.8 Å². The lowest BCUT2D eigenvalue weighted by molar-refractivity contribution is -0.161. The fourth-order valence-corrected chi connectivity index (χ4v) is 5.59. The summed E-state index contributed by atoms with van der Waals surface area (Å²) in [5, 5.41) is 9.52. The van der Waals surface area contributed by atoms with Crippen molar-refractivity contribution in [2.24, 2.45) is 0 Å². The second-order valence-electron chi connectivity index (χ2n) is 13.0. The molecule has 0 amide bonds. The molecule has 1 N–H and O–H groups in total. The minimum Gasteiger partial charge on any atom is -0.462 e. The molecular weight excluding hydrogens is 548 g/mol. The highest BCUT2D eigenvalue weighted by molar-refractivity contribution is 5.70. The maximum atomic E-state index is 12.1. The lowest BCUT2D eigenvalue weighted by atomic mass is 10.0. The Bertz CT molecular complexity index is 632. The zero-order valence-electron chi connectivity index (χ0n) is 29.4. The molecular formula is C39H74O5. The fraction of sp³-hybridized carbons (Fsp3) is 0.897. The summed E-state index contributed by atoms with van der Waals surface area (Å²) in [7, 11) is 0. The van der Waals surface area contributed by atoms with E-state index >= 15 is 0 Å². The Labute approximate surface area is 273 Å². The van der Waals surface area contributed by atoms with E-state index in [-0.39, 0.29) is 25.2 Å². The molecule has 0 aromatic rings. The molecule has 260 valence electrons. The van der Waals surface area contributed by atoms with E-state index in [1.807, 2.05) is 0 Å². The number of carbonyl (C=O) groups is 2. The van der Waals surface area contributed by atoms with Gasteiger partial charge in [0.15, 0.2) is 6.10 Å². The summed E-state index contributed by atoms with van der Waals surface area (Å²) in [6.45, 7) is 4.10. The number of carbonyl (C=O) groups excluding carboxylic acids is 2. The van der Waals surface area contributed by atoms with Gasteiger partial charge in [-0.2, -0.15) is 0 Å². The number of aliphatic hydroxyl groups is 1. The van der Waals surface area contributed by atoms with E-state index in [1.54, 1.807) is 0 Å². The highest BCUT2D eigenvalue weighted by Crippen LogP contribution is 2.15. The molecule has 0 spiro atoms. The number of aliphatic hydroxyl groups excluding tert-OH is 1. The van der Waals surface area contributed by atoms with Crippen molar-refractivity contribution in [2.45, 2.75) is 213 Å². The number of esters is 2. The molecule has 5 heteroatoms. The third kappa shape index (κ3) is 33.5. The molecule has 0 bridgehead atoms. The third-order valence-electron chi connectivity index (χ3n) is 8.56. The summed E-state index contributed by atoms with van der Waals surface area (Å²) >= 11 is 0. The topological polar surface area (TPSA) is 72.8 Å². The van der Waals surface area contributed by atoms with Crippen LogP contribution in [0.15, 0.2) is 12.2 Å². The Morgan fingerprint density at radius 1 is 0.500 bits per heavy atom. The van der Waals surface area contributed by atoms with Crippen molar-refractivity contribution >= 4 is 11.9 Å². The van der Waals surface area contributed by atoms with E-state index in [4.69, 9.17) is 9.47 Å². The first-order valence-electron chi connectivity index (χ1n) is 19.2. The van der Waals surface area contributed by atoms with Gasteiger partial charge in [-0.1, -0.05) is 174 Å². The van der Waals surface area contributed by atoms with Crippen LogP contribution in [0.5, 0.6) is 0 Å². The Balaban J connectivity index is 3.49. The predicted octanol–water partition coefficient (Wildman–Crippen LogP) is 11.7. The monoisotopic (exact) mass is 623 g/mol. The Kier molecular flexibility index (Phi) is 35.0. The van der Waals surface area contributed by atoms with Crippen LogP contribution in [0.1, 0.15) is 206 Å². The van der Waals surface area contributed by atoms with Crippen molar-refractivity contribution in [3.63, 3.8) is 0 Å². The molecule has 44 heavy (non-hydrogen) atoms. The van der Waals surface area contributed by atoms with E-state index in [1.165, 1.54) is 141 Å². The molecule has 0 aliphatic rings. The minimum absolute atomic E-state index is 0.0635. The van der Waals surface area contributed by atoms with Crippen molar-refractivity contribution in [1.29, 1.82) is 0 Å². The van der Waals surface area contributed by atoms with Crippen LogP contribution >= 0.6 is 0 Å². The SMILES string of the molecule is CCCC/C=C\CCCCCCCC(=O)O[C@@H](CO)COC(=O)CCCCCCCCCCCCCCCCCCCCC. The van der Waals surface area contributed by atoms with Gasteiger partial charge in [0.25, 0.3) is 0 Å². The predicted molar refractivity (Wildman–Crippen MR) is 187 cm³/mol. The molecule has 0 fully saturated rings. The molecule has 0 rings (SSSR count). The van der Waals surface area contributed by atoms with Crippen molar-refractivity contribution in [1.82, 2.24) is 0 Å². The van der Waals surface area contributed by atoms with E-state index in [0.717, 1.165) is 38.5 Å². The van der Waals surface area contributed by atoms with Crippen molar-refractivity contribution < 1.29 is 24.2 Å². The number of allylic oxidation sites excluding steroid dienone is 2. The molecule has 0 saturated carbocycles. The number of hydrogen-bond acceptors (Lipinski definition) is 5. The molecule has 0 aromatic carbocycles. The minimum atomic E-state index is -0.768. The largest absolute Gasteiger partial charge is 0.462 e. The number of ether oxygens (including phenoxy) is 2. The van der Waals surface area contributed by atoms with Crippen molar-refractivity contribution in [3.05, 3.63) is 12.2 Å². The molecule has 0 heterocycles. The lowest BCUT2D eigenvalue weighted by Crippen LogP contribution is -2.28. The normalized spacial score (nSPS) is 12.2. The second kappa shape index (κ2) is 36.1. The Hall–Kier alpha value is -1.36. The van der Waals surface area contributed by atoms with Gasteiger partial charge in [-0.05, 0) is 32.1 Å². The van der Waals surface area contributed by atoms with Crippen LogP contribution in [0.2, 0.25) is 0 Å². The van der Waals surface area contributed by atoms with E-state index in [0.29, 0.717) is 12.8 Å². The quantitative estimate of drug-likeness (QED) is 0.0432. The standard InChI is InChI=1S/C39H74O5/c1-3-5-7-9-11-13-15-16-17-18-19-20-21-22-24-25-27-29-31-33-38(41)43-36-37(35-40)44-39(42)34-32-30-28-26-23-14-12-10-8-6-4-2/h10,12,37,40H,3-9,11,13-36H2,1-2H3/b12-10-/t37-/m0/s1. The van der Waals surface area contributed by atoms with Gasteiger partial charge in [0.1, 0.15) is 6.61 Å². The van der Waals surface area contributed by atoms with Crippen LogP contribution in [0.4, 0.5) is 0 Å². The molecule has 0 radical (unpaired) electrons. The summed E-state index contributed by atoms with van der Waals surface area (Å²) in [6, 6.07) is 0. The number of hydrogen-bond donors (Lipinski definition) is 1. The third-order valence-corrected chi connectivity index (χ3v) is 8.56. The smallest absolute Gasteiger partial charge is 0.306 e. The molecule has 0 unspecified atom stereocenters. The van der Waals surface area contributed by atoms with Gasteiger partial charge in [-0.3, -0.25) is 9.59 Å². The first-order valence-corrected chi connectivity index (χ1v) is 19.2. The van der Waals surface area contributed by atoms with Crippen molar-refractivity contribution in [3.8, 4) is 0 Å². The van der Waals surface area contributed by atoms with Gasteiger partial charge in [0.05, 0.1) is 6.61 Å². The fourth-order valence-electron chi connectivity index (χ4n) is 5.59. The second-order valence-corrected chi connectivity index (χ2v) is 13.0. The Morgan fingerprint density at radius 3 is 1.30 bits per heavy atom. The van der Waals surface area contributed by atoms with Gasteiger partial charge in [0.2, 0.25) is 0 Å². The maximum absolute atomic E-state index is 12.1. The summed E-state index contributed by atoms with van der Waals surface area (Å²) in [5.74, 6) is -0.593. The van der Waals surface area contributed by atoms with Crippen LogP contribution in [0, 0.1) is 0 Å². The van der Waals surface area contributed by atoms with E-state index in [2.05, 4.69) is 26.0 Å². The molecule has 0 aromatic heterocycles. The number of unbranched alkanes of at least 4 members (excludes halogenated alkanes) is 25. The average Bonchev–Trinajstić information content (AvgIpc) is 3.02.